The SMILES string of the molecule is N#C[C@@H]1OC2([C@@H]3CC4C[C@H]2CC(Cl)(C4)C3)[C@H]1C#N. The van der Waals surface area contributed by atoms with Gasteiger partial charge < -0.3 is 4.74 Å². The van der Waals surface area contributed by atoms with E-state index in [9.17, 15) is 5.26 Å². The minimum absolute atomic E-state index is 0.0388. The van der Waals surface area contributed by atoms with E-state index in [2.05, 4.69) is 12.1 Å². The molecule has 7 atom stereocenters. The van der Waals surface area contributed by atoms with E-state index in [1.54, 1.807) is 0 Å². The van der Waals surface area contributed by atoms with Gasteiger partial charge in [0.05, 0.1) is 17.7 Å². The topological polar surface area (TPSA) is 56.8 Å². The Hall–Kier alpha value is -0.770. The van der Waals surface area contributed by atoms with Crippen molar-refractivity contribution >= 4 is 11.6 Å². The van der Waals surface area contributed by atoms with Gasteiger partial charge in [-0.1, -0.05) is 0 Å². The first-order valence-corrected chi connectivity index (χ1v) is 7.15. The molecule has 1 spiro atoms. The number of hydrogen-bond donors (Lipinski definition) is 0. The van der Waals surface area contributed by atoms with Crippen LogP contribution in [0.4, 0.5) is 0 Å². The van der Waals surface area contributed by atoms with Gasteiger partial charge >= 0.3 is 0 Å². The fourth-order valence-electron chi connectivity index (χ4n) is 5.40. The molecule has 3 nitrogen and oxygen atoms in total. The molecule has 4 bridgehead atoms. The van der Waals surface area contributed by atoms with Crippen molar-refractivity contribution in [2.24, 2.45) is 23.7 Å². The van der Waals surface area contributed by atoms with Gasteiger partial charge in [-0.05, 0) is 49.9 Å². The van der Waals surface area contributed by atoms with Crippen LogP contribution in [0.3, 0.4) is 0 Å². The van der Waals surface area contributed by atoms with Crippen LogP contribution in [0.15, 0.2) is 0 Å². The third-order valence-electron chi connectivity index (χ3n) is 5.78. The van der Waals surface area contributed by atoms with E-state index >= 15 is 0 Å². The second-order valence-electron chi connectivity index (χ2n) is 6.62. The molecule has 0 aromatic heterocycles. The van der Waals surface area contributed by atoms with E-state index in [1.807, 2.05) is 0 Å². The predicted octanol–water partition coefficient (Wildman–Crippen LogP) is 2.60. The molecule has 0 radical (unpaired) electrons. The summed E-state index contributed by atoms with van der Waals surface area (Å²) < 4.78 is 5.96. The van der Waals surface area contributed by atoms with Gasteiger partial charge in [0.15, 0.2) is 6.10 Å². The third-order valence-corrected chi connectivity index (χ3v) is 6.24. The van der Waals surface area contributed by atoms with E-state index in [0.29, 0.717) is 11.8 Å². The van der Waals surface area contributed by atoms with Gasteiger partial charge in [-0.25, -0.2) is 0 Å². The van der Waals surface area contributed by atoms with Gasteiger partial charge in [0.2, 0.25) is 0 Å². The van der Waals surface area contributed by atoms with Crippen LogP contribution >= 0.6 is 11.6 Å². The molecule has 5 rings (SSSR count). The molecule has 94 valence electrons. The quantitative estimate of drug-likeness (QED) is 0.631. The predicted molar refractivity (Wildman–Crippen MR) is 64.5 cm³/mol. The Balaban J connectivity index is 1.73. The Labute approximate surface area is 112 Å². The maximum Gasteiger partial charge on any atom is 0.163 e. The summed E-state index contributed by atoms with van der Waals surface area (Å²) >= 11 is 6.70. The molecule has 1 aliphatic heterocycles. The lowest BCUT2D eigenvalue weighted by molar-refractivity contribution is -0.313. The molecule has 0 aromatic rings. The number of ether oxygens (including phenoxy) is 1. The Bertz CT molecular complexity index is 475. The second kappa shape index (κ2) is 3.21. The summed E-state index contributed by atoms with van der Waals surface area (Å²) in [5, 5.41) is 18.4. The summed E-state index contributed by atoms with van der Waals surface area (Å²) in [5.41, 5.74) is -0.329. The summed E-state index contributed by atoms with van der Waals surface area (Å²) in [6, 6.07) is 4.46. The smallest absolute Gasteiger partial charge is 0.163 e. The van der Waals surface area contributed by atoms with Gasteiger partial charge in [0.1, 0.15) is 5.92 Å². The summed E-state index contributed by atoms with van der Waals surface area (Å²) in [6.07, 6.45) is 4.84. The summed E-state index contributed by atoms with van der Waals surface area (Å²) in [7, 11) is 0. The Kier molecular flexibility index (Phi) is 1.98. The van der Waals surface area contributed by atoms with Crippen molar-refractivity contribution in [1.29, 1.82) is 10.5 Å². The van der Waals surface area contributed by atoms with Gasteiger partial charge in [0.25, 0.3) is 0 Å². The van der Waals surface area contributed by atoms with Crippen LogP contribution in [0.25, 0.3) is 0 Å². The number of nitriles is 2. The molecule has 4 heteroatoms. The maximum absolute atomic E-state index is 9.39. The average Bonchev–Trinajstić information content (AvgIpc) is 2.25. The molecule has 0 aromatic carbocycles. The zero-order valence-corrected chi connectivity index (χ0v) is 10.9. The molecule has 5 aliphatic rings. The van der Waals surface area contributed by atoms with Crippen LogP contribution in [-0.4, -0.2) is 16.6 Å². The molecular weight excluding hydrogens is 248 g/mol. The number of rotatable bonds is 0. The first-order valence-electron chi connectivity index (χ1n) is 6.77. The average molecular weight is 263 g/mol. The Morgan fingerprint density at radius 3 is 2.22 bits per heavy atom. The first kappa shape index (κ1) is 11.1. The second-order valence-corrected chi connectivity index (χ2v) is 7.42. The fraction of sp³-hybridized carbons (Fsp3) is 0.857. The highest BCUT2D eigenvalue weighted by atomic mass is 35.5. The van der Waals surface area contributed by atoms with Crippen LogP contribution in [0, 0.1) is 46.3 Å². The van der Waals surface area contributed by atoms with Gasteiger partial charge in [-0.15, -0.1) is 11.6 Å². The summed E-state index contributed by atoms with van der Waals surface area (Å²) in [6.45, 7) is 0. The molecule has 5 fully saturated rings. The minimum atomic E-state index is -0.515. The van der Waals surface area contributed by atoms with Crippen molar-refractivity contribution in [3.63, 3.8) is 0 Å². The van der Waals surface area contributed by atoms with Crippen molar-refractivity contribution in [2.45, 2.75) is 48.7 Å². The van der Waals surface area contributed by atoms with Crippen LogP contribution < -0.4 is 0 Å². The lowest BCUT2D eigenvalue weighted by atomic mass is 9.45. The van der Waals surface area contributed by atoms with Gasteiger partial charge in [-0.3, -0.25) is 0 Å². The van der Waals surface area contributed by atoms with E-state index in [1.165, 1.54) is 0 Å². The van der Waals surface area contributed by atoms with Crippen molar-refractivity contribution < 1.29 is 4.74 Å². The summed E-state index contributed by atoms with van der Waals surface area (Å²) in [4.78, 5) is -0.0388. The third kappa shape index (κ3) is 1.09. The number of halogens is 1. The monoisotopic (exact) mass is 262 g/mol. The van der Waals surface area contributed by atoms with E-state index in [4.69, 9.17) is 21.6 Å². The number of nitrogens with zero attached hydrogens (tertiary/aromatic N) is 2. The number of alkyl halides is 1. The largest absolute Gasteiger partial charge is 0.353 e. The molecule has 1 saturated heterocycles. The summed E-state index contributed by atoms with van der Waals surface area (Å²) in [5.74, 6) is 1.28. The molecule has 1 heterocycles. The van der Waals surface area contributed by atoms with Gasteiger partial charge in [-0.2, -0.15) is 10.5 Å². The lowest BCUT2D eigenvalue weighted by Gasteiger charge is -2.68. The van der Waals surface area contributed by atoms with Gasteiger partial charge in [0, 0.05) is 4.87 Å². The van der Waals surface area contributed by atoms with Crippen molar-refractivity contribution in [2.75, 3.05) is 0 Å². The number of hydrogen-bond acceptors (Lipinski definition) is 3. The van der Waals surface area contributed by atoms with E-state index < -0.39 is 6.10 Å². The van der Waals surface area contributed by atoms with E-state index in [-0.39, 0.29) is 16.4 Å². The normalized spacial score (nSPS) is 60.1. The maximum atomic E-state index is 9.39. The van der Waals surface area contributed by atoms with Crippen LogP contribution in [0.2, 0.25) is 0 Å². The highest BCUT2D eigenvalue weighted by Gasteiger charge is 2.71. The Morgan fingerprint density at radius 2 is 1.72 bits per heavy atom. The van der Waals surface area contributed by atoms with Crippen molar-refractivity contribution in [1.82, 2.24) is 0 Å². The molecule has 3 unspecified atom stereocenters. The van der Waals surface area contributed by atoms with Crippen LogP contribution in [0.1, 0.15) is 32.1 Å². The molecule has 0 amide bonds. The minimum Gasteiger partial charge on any atom is -0.353 e. The van der Waals surface area contributed by atoms with Crippen LogP contribution in [-0.2, 0) is 4.74 Å². The highest BCUT2D eigenvalue weighted by Crippen LogP contribution is 2.68. The first-order chi connectivity index (χ1) is 8.61. The Morgan fingerprint density at radius 1 is 1.06 bits per heavy atom. The molecule has 18 heavy (non-hydrogen) atoms. The molecule has 4 saturated carbocycles. The highest BCUT2D eigenvalue weighted by molar-refractivity contribution is 6.24. The zero-order valence-electron chi connectivity index (χ0n) is 10.1. The molecular formula is C14H15ClN2O. The zero-order chi connectivity index (χ0) is 12.5. The van der Waals surface area contributed by atoms with E-state index in [0.717, 1.165) is 38.0 Å². The molecule has 4 aliphatic carbocycles. The van der Waals surface area contributed by atoms with Crippen molar-refractivity contribution in [3.8, 4) is 12.1 Å². The van der Waals surface area contributed by atoms with Crippen molar-refractivity contribution in [3.05, 3.63) is 0 Å². The fourth-order valence-corrected chi connectivity index (χ4v) is 5.99. The van der Waals surface area contributed by atoms with Crippen LogP contribution in [0.5, 0.6) is 0 Å². The standard InChI is InChI=1S/C14H15ClN2O/c15-13-3-8-1-9(4-13)14(10(2-8)5-13)11(6-16)12(7-17)18-14/h8-12H,1-5H2/t8?,9-,10+,11-,12-,13?,14?/m0/s1. The molecule has 0 N–H and O–H groups in total. The lowest BCUT2D eigenvalue weighted by Crippen LogP contribution is -2.73.